The maximum Gasteiger partial charge on any atom is 0.416 e. The molecule has 0 bridgehead atoms. The fourth-order valence-electron chi connectivity index (χ4n) is 1.38. The Balaban J connectivity index is 3.03. The van der Waals surface area contributed by atoms with Crippen LogP contribution in [0.2, 0.25) is 0 Å². The Bertz CT molecular complexity index is 527. The van der Waals surface area contributed by atoms with Gasteiger partial charge in [-0.2, -0.15) is 13.2 Å². The van der Waals surface area contributed by atoms with Crippen molar-refractivity contribution in [1.29, 1.82) is 0 Å². The molecule has 0 aliphatic rings. The van der Waals surface area contributed by atoms with Gasteiger partial charge >= 0.3 is 12.1 Å². The van der Waals surface area contributed by atoms with Crippen LogP contribution < -0.4 is 5.32 Å². The van der Waals surface area contributed by atoms with E-state index in [1.165, 1.54) is 19.0 Å². The lowest BCUT2D eigenvalue weighted by Gasteiger charge is -2.14. The SMILES string of the molecule is CN(C)C(=O)CNc1ccc(C(F)(F)F)cc1C(=O)O. The number of likely N-dealkylation sites (N-methyl/N-ethyl adjacent to an activating group) is 1. The number of hydrogen-bond acceptors (Lipinski definition) is 3. The molecule has 1 aromatic carbocycles. The zero-order valence-electron chi connectivity index (χ0n) is 10.8. The molecule has 0 fully saturated rings. The number of nitrogens with zero attached hydrogens (tertiary/aromatic N) is 1. The summed E-state index contributed by atoms with van der Waals surface area (Å²) >= 11 is 0. The van der Waals surface area contributed by atoms with Gasteiger partial charge in [-0.15, -0.1) is 0 Å². The molecule has 0 spiro atoms. The lowest BCUT2D eigenvalue weighted by Crippen LogP contribution is -2.29. The number of carboxylic acid groups (broad SMARTS) is 1. The number of rotatable bonds is 4. The second-order valence-corrected chi connectivity index (χ2v) is 4.20. The topological polar surface area (TPSA) is 69.6 Å². The summed E-state index contributed by atoms with van der Waals surface area (Å²) in [5, 5.41) is 11.4. The van der Waals surface area contributed by atoms with Gasteiger partial charge in [0.05, 0.1) is 17.7 Å². The van der Waals surface area contributed by atoms with E-state index >= 15 is 0 Å². The number of carboxylic acids is 1. The highest BCUT2D eigenvalue weighted by Crippen LogP contribution is 2.31. The van der Waals surface area contributed by atoms with Gasteiger partial charge in [-0.1, -0.05) is 0 Å². The predicted molar refractivity (Wildman–Crippen MR) is 65.6 cm³/mol. The van der Waals surface area contributed by atoms with Crippen molar-refractivity contribution in [3.8, 4) is 0 Å². The number of alkyl halides is 3. The minimum absolute atomic E-state index is 0.0410. The molecule has 0 saturated carbocycles. The molecule has 110 valence electrons. The van der Waals surface area contributed by atoms with Crippen molar-refractivity contribution in [3.05, 3.63) is 29.3 Å². The molecule has 0 unspecified atom stereocenters. The molecular weight excluding hydrogens is 277 g/mol. The third-order valence-electron chi connectivity index (χ3n) is 2.51. The van der Waals surface area contributed by atoms with Crippen molar-refractivity contribution in [2.75, 3.05) is 26.0 Å². The van der Waals surface area contributed by atoms with E-state index in [2.05, 4.69) is 5.32 Å². The van der Waals surface area contributed by atoms with Crippen molar-refractivity contribution >= 4 is 17.6 Å². The third-order valence-corrected chi connectivity index (χ3v) is 2.51. The molecule has 0 aliphatic heterocycles. The van der Waals surface area contributed by atoms with Crippen molar-refractivity contribution in [1.82, 2.24) is 4.90 Å². The monoisotopic (exact) mass is 290 g/mol. The van der Waals surface area contributed by atoms with Crippen molar-refractivity contribution in [2.45, 2.75) is 6.18 Å². The molecule has 20 heavy (non-hydrogen) atoms. The first kappa shape index (κ1) is 15.8. The Morgan fingerprint density at radius 3 is 2.35 bits per heavy atom. The summed E-state index contributed by atoms with van der Waals surface area (Å²) in [4.78, 5) is 23.6. The van der Waals surface area contributed by atoms with Gasteiger partial charge in [0, 0.05) is 19.8 Å². The summed E-state index contributed by atoms with van der Waals surface area (Å²) in [6.07, 6.45) is -4.62. The summed E-state index contributed by atoms with van der Waals surface area (Å²) in [5.41, 5.74) is -1.63. The Morgan fingerprint density at radius 1 is 1.30 bits per heavy atom. The Labute approximate surface area is 113 Å². The van der Waals surface area contributed by atoms with Gasteiger partial charge in [0.2, 0.25) is 5.91 Å². The zero-order valence-corrected chi connectivity index (χ0v) is 10.8. The second kappa shape index (κ2) is 5.81. The number of nitrogens with one attached hydrogen (secondary N) is 1. The third kappa shape index (κ3) is 3.87. The number of carbonyl (C=O) groups is 2. The van der Waals surface area contributed by atoms with E-state index in [1.54, 1.807) is 0 Å². The van der Waals surface area contributed by atoms with Crippen molar-refractivity contribution in [2.24, 2.45) is 0 Å². The maximum absolute atomic E-state index is 12.5. The Kier molecular flexibility index (Phi) is 4.59. The predicted octanol–water partition coefficient (Wildman–Crippen LogP) is 1.90. The highest BCUT2D eigenvalue weighted by Gasteiger charge is 2.31. The summed E-state index contributed by atoms with van der Waals surface area (Å²) < 4.78 is 37.5. The molecule has 0 atom stereocenters. The quantitative estimate of drug-likeness (QED) is 0.888. The molecule has 0 aliphatic carbocycles. The molecule has 1 amide bonds. The molecule has 1 rings (SSSR count). The van der Waals surface area contributed by atoms with Crippen LogP contribution in [0.4, 0.5) is 18.9 Å². The number of halogens is 3. The number of anilines is 1. The molecule has 1 aromatic rings. The van der Waals surface area contributed by atoms with Gasteiger partial charge in [-0.25, -0.2) is 4.79 Å². The van der Waals surface area contributed by atoms with Crippen LogP contribution in [0.3, 0.4) is 0 Å². The van der Waals surface area contributed by atoms with Crippen LogP contribution >= 0.6 is 0 Å². The largest absolute Gasteiger partial charge is 0.478 e. The van der Waals surface area contributed by atoms with Crippen LogP contribution in [0.1, 0.15) is 15.9 Å². The first-order valence-corrected chi connectivity index (χ1v) is 5.51. The zero-order chi connectivity index (χ0) is 15.5. The van der Waals surface area contributed by atoms with E-state index in [4.69, 9.17) is 5.11 Å². The molecule has 5 nitrogen and oxygen atoms in total. The number of amides is 1. The van der Waals surface area contributed by atoms with Crippen LogP contribution in [-0.4, -0.2) is 42.5 Å². The van der Waals surface area contributed by atoms with E-state index < -0.39 is 23.3 Å². The first-order valence-electron chi connectivity index (χ1n) is 5.51. The molecule has 0 heterocycles. The normalized spacial score (nSPS) is 11.1. The summed E-state index contributed by atoms with van der Waals surface area (Å²) in [7, 11) is 3.02. The standard InChI is InChI=1S/C12H13F3N2O3/c1-17(2)10(18)6-16-9-4-3-7(12(13,14)15)5-8(9)11(19)20/h3-5,16H,6H2,1-2H3,(H,19,20). The fraction of sp³-hybridized carbons (Fsp3) is 0.333. The molecule has 0 aromatic heterocycles. The second-order valence-electron chi connectivity index (χ2n) is 4.20. The van der Waals surface area contributed by atoms with E-state index in [-0.39, 0.29) is 18.1 Å². The van der Waals surface area contributed by atoms with Crippen molar-refractivity contribution in [3.63, 3.8) is 0 Å². The number of hydrogen-bond donors (Lipinski definition) is 2. The van der Waals surface area contributed by atoms with Crippen LogP contribution in [-0.2, 0) is 11.0 Å². The molecule has 0 saturated heterocycles. The van der Waals surface area contributed by atoms with Crippen LogP contribution in [0.15, 0.2) is 18.2 Å². The minimum Gasteiger partial charge on any atom is -0.478 e. The van der Waals surface area contributed by atoms with Gasteiger partial charge in [-0.3, -0.25) is 4.79 Å². The highest BCUT2D eigenvalue weighted by molar-refractivity contribution is 5.95. The maximum atomic E-state index is 12.5. The van der Waals surface area contributed by atoms with Gasteiger partial charge in [0.1, 0.15) is 0 Å². The Morgan fingerprint density at radius 2 is 1.90 bits per heavy atom. The smallest absolute Gasteiger partial charge is 0.416 e. The first-order chi connectivity index (χ1) is 9.12. The highest BCUT2D eigenvalue weighted by atomic mass is 19.4. The minimum atomic E-state index is -4.62. The molecular formula is C12H13F3N2O3. The average molecular weight is 290 g/mol. The molecule has 0 radical (unpaired) electrons. The summed E-state index contributed by atoms with van der Waals surface area (Å²) in [5.74, 6) is -1.84. The van der Waals surface area contributed by atoms with E-state index in [9.17, 15) is 22.8 Å². The Hall–Kier alpha value is -2.25. The average Bonchev–Trinajstić information content (AvgIpc) is 2.34. The van der Waals surface area contributed by atoms with Gasteiger partial charge < -0.3 is 15.3 Å². The molecule has 8 heteroatoms. The van der Waals surface area contributed by atoms with Crippen molar-refractivity contribution < 1.29 is 27.9 Å². The lowest BCUT2D eigenvalue weighted by molar-refractivity contribution is -0.137. The number of aromatic carboxylic acids is 1. The van der Waals surface area contributed by atoms with Crippen LogP contribution in [0, 0.1) is 0 Å². The van der Waals surface area contributed by atoms with Crippen LogP contribution in [0.25, 0.3) is 0 Å². The molecule has 2 N–H and O–H groups in total. The van der Waals surface area contributed by atoms with Gasteiger partial charge in [0.25, 0.3) is 0 Å². The van der Waals surface area contributed by atoms with E-state index in [0.717, 1.165) is 12.1 Å². The lowest BCUT2D eigenvalue weighted by atomic mass is 10.1. The van der Waals surface area contributed by atoms with E-state index in [1.807, 2.05) is 0 Å². The fourth-order valence-corrected chi connectivity index (χ4v) is 1.38. The van der Waals surface area contributed by atoms with Gasteiger partial charge in [-0.05, 0) is 18.2 Å². The summed E-state index contributed by atoms with van der Waals surface area (Å²) in [6, 6.07) is 2.29. The van der Waals surface area contributed by atoms with Gasteiger partial charge in [0.15, 0.2) is 0 Å². The summed E-state index contributed by atoms with van der Waals surface area (Å²) in [6.45, 7) is -0.210. The van der Waals surface area contributed by atoms with Crippen LogP contribution in [0.5, 0.6) is 0 Å². The number of carbonyl (C=O) groups excluding carboxylic acids is 1. The van der Waals surface area contributed by atoms with E-state index in [0.29, 0.717) is 6.07 Å². The number of benzene rings is 1.